The van der Waals surface area contributed by atoms with Gasteiger partial charge in [-0.05, 0) is 19.3 Å². The lowest BCUT2D eigenvalue weighted by molar-refractivity contribution is -0.110. The van der Waals surface area contributed by atoms with Gasteiger partial charge in [-0.15, -0.1) is 0 Å². The molecular formula is C39H75NO8. The minimum Gasteiger partial charge on any atom is -0.450 e. The molecule has 0 saturated heterocycles. The van der Waals surface area contributed by atoms with E-state index in [-0.39, 0.29) is 26.1 Å². The highest BCUT2D eigenvalue weighted by atomic mass is 16.5. The summed E-state index contributed by atoms with van der Waals surface area (Å²) in [6, 6.07) is -0.894. The van der Waals surface area contributed by atoms with Crippen LogP contribution in [0.2, 0.25) is 0 Å². The lowest BCUT2D eigenvalue weighted by Crippen LogP contribution is -2.50. The van der Waals surface area contributed by atoms with Gasteiger partial charge < -0.3 is 40.3 Å². The van der Waals surface area contributed by atoms with Gasteiger partial charge in [-0.2, -0.15) is 0 Å². The molecule has 1 rings (SSSR count). The molecule has 0 bridgehead atoms. The molecule has 6 N–H and O–H groups in total. The fourth-order valence-electron chi connectivity index (χ4n) is 6.32. The second kappa shape index (κ2) is 30.6. The van der Waals surface area contributed by atoms with Crippen LogP contribution in [0.5, 0.6) is 0 Å². The normalized spacial score (nSPS) is 21.5. The molecule has 0 aromatic carbocycles. The maximum absolute atomic E-state index is 12.5. The Bertz CT molecular complexity index is 768. The molecule has 0 heterocycles. The SMILES string of the molecule is CCCCCCCCCCCCCCCCCCCCCCCCOC(=O)NC(COC1C=CCC(O)C(O)C1O)C(O)CC(O)CC. The Morgan fingerprint density at radius 3 is 1.62 bits per heavy atom. The van der Waals surface area contributed by atoms with Crippen LogP contribution in [0.1, 0.15) is 174 Å². The van der Waals surface area contributed by atoms with Gasteiger partial charge in [-0.25, -0.2) is 4.79 Å². The third kappa shape index (κ3) is 23.2. The van der Waals surface area contributed by atoms with Gasteiger partial charge in [0.1, 0.15) is 18.3 Å². The number of amides is 1. The lowest BCUT2D eigenvalue weighted by Gasteiger charge is -2.29. The highest BCUT2D eigenvalue weighted by Gasteiger charge is 2.34. The van der Waals surface area contributed by atoms with E-state index >= 15 is 0 Å². The predicted octanol–water partition coefficient (Wildman–Crippen LogP) is 7.63. The van der Waals surface area contributed by atoms with Crippen molar-refractivity contribution in [1.29, 1.82) is 0 Å². The summed E-state index contributed by atoms with van der Waals surface area (Å²) < 4.78 is 11.1. The van der Waals surface area contributed by atoms with Gasteiger partial charge in [-0.1, -0.05) is 161 Å². The molecule has 0 fully saturated rings. The first-order valence-electron chi connectivity index (χ1n) is 19.9. The van der Waals surface area contributed by atoms with Crippen molar-refractivity contribution < 1.29 is 39.8 Å². The molecule has 48 heavy (non-hydrogen) atoms. The van der Waals surface area contributed by atoms with Gasteiger partial charge in [0.25, 0.3) is 0 Å². The zero-order valence-electron chi connectivity index (χ0n) is 30.7. The van der Waals surface area contributed by atoms with E-state index in [9.17, 15) is 30.3 Å². The first kappa shape index (κ1) is 44.8. The number of nitrogens with one attached hydrogen (secondary N) is 1. The molecule has 0 radical (unpaired) electrons. The molecule has 1 aliphatic rings. The maximum Gasteiger partial charge on any atom is 0.407 e. The van der Waals surface area contributed by atoms with Gasteiger partial charge >= 0.3 is 6.09 Å². The summed E-state index contributed by atoms with van der Waals surface area (Å²) in [5, 5.41) is 53.6. The van der Waals surface area contributed by atoms with Crippen molar-refractivity contribution >= 4 is 6.09 Å². The third-order valence-electron chi connectivity index (χ3n) is 9.74. The second-order valence-electron chi connectivity index (χ2n) is 14.2. The summed E-state index contributed by atoms with van der Waals surface area (Å²) in [4.78, 5) is 12.5. The Morgan fingerprint density at radius 1 is 0.708 bits per heavy atom. The van der Waals surface area contributed by atoms with E-state index in [4.69, 9.17) is 9.47 Å². The van der Waals surface area contributed by atoms with E-state index in [0.717, 1.165) is 19.3 Å². The van der Waals surface area contributed by atoms with Crippen molar-refractivity contribution in [3.05, 3.63) is 12.2 Å². The molecule has 9 heteroatoms. The molecule has 1 amide bonds. The van der Waals surface area contributed by atoms with Crippen molar-refractivity contribution in [3.8, 4) is 0 Å². The van der Waals surface area contributed by atoms with Crippen LogP contribution >= 0.6 is 0 Å². The Hall–Kier alpha value is -1.23. The van der Waals surface area contributed by atoms with E-state index in [1.54, 1.807) is 19.1 Å². The first-order chi connectivity index (χ1) is 23.3. The number of unbranched alkanes of at least 4 members (excludes halogenated alkanes) is 21. The van der Waals surface area contributed by atoms with Crippen LogP contribution in [0.3, 0.4) is 0 Å². The fraction of sp³-hybridized carbons (Fsp3) is 0.923. The molecule has 0 aliphatic heterocycles. The minimum atomic E-state index is -1.38. The summed E-state index contributed by atoms with van der Waals surface area (Å²) in [6.07, 6.45) is 25.5. The average Bonchev–Trinajstić information content (AvgIpc) is 3.19. The van der Waals surface area contributed by atoms with E-state index in [0.29, 0.717) is 6.42 Å². The zero-order valence-corrected chi connectivity index (χ0v) is 30.7. The van der Waals surface area contributed by atoms with Gasteiger partial charge in [0.05, 0.1) is 37.6 Å². The fourth-order valence-corrected chi connectivity index (χ4v) is 6.32. The summed E-state index contributed by atoms with van der Waals surface area (Å²) in [7, 11) is 0. The number of rotatable bonds is 31. The molecule has 1 aliphatic carbocycles. The smallest absolute Gasteiger partial charge is 0.407 e. The van der Waals surface area contributed by atoms with Gasteiger partial charge in [0.15, 0.2) is 0 Å². The summed E-state index contributed by atoms with van der Waals surface area (Å²) in [6.45, 7) is 4.17. The average molecular weight is 686 g/mol. The molecule has 0 saturated carbocycles. The second-order valence-corrected chi connectivity index (χ2v) is 14.2. The highest BCUT2D eigenvalue weighted by molar-refractivity contribution is 5.67. The molecule has 0 spiro atoms. The van der Waals surface area contributed by atoms with Crippen LogP contribution in [-0.4, -0.2) is 87.5 Å². The minimum absolute atomic E-state index is 0.0364. The standard InChI is InChI=1S/C39H75NO8/c1-3-5-6-7-8-9-10-11-12-13-14-15-16-17-18-19-20-21-22-23-24-25-29-47-39(46)40-33(35(43)30-32(41)4-2)31-48-36-28-26-27-34(42)37(44)38(36)45/h26,28,32-38,41-45H,3-25,27,29-31H2,1-2H3,(H,40,46). The number of alkyl carbamates (subject to hydrolysis) is 1. The predicted molar refractivity (Wildman–Crippen MR) is 194 cm³/mol. The van der Waals surface area contributed by atoms with Crippen molar-refractivity contribution in [2.24, 2.45) is 0 Å². The van der Waals surface area contributed by atoms with Crippen LogP contribution in [0.15, 0.2) is 12.2 Å². The van der Waals surface area contributed by atoms with Gasteiger partial charge in [0, 0.05) is 6.42 Å². The van der Waals surface area contributed by atoms with E-state index in [1.807, 2.05) is 0 Å². The summed E-state index contributed by atoms with van der Waals surface area (Å²) in [5.41, 5.74) is 0. The molecule has 7 unspecified atom stereocenters. The number of aliphatic hydroxyl groups is 5. The third-order valence-corrected chi connectivity index (χ3v) is 9.74. The van der Waals surface area contributed by atoms with Gasteiger partial charge in [-0.3, -0.25) is 0 Å². The zero-order chi connectivity index (χ0) is 35.2. The van der Waals surface area contributed by atoms with Crippen LogP contribution < -0.4 is 5.32 Å². The Balaban J connectivity index is 2.06. The van der Waals surface area contributed by atoms with Crippen LogP contribution in [0, 0.1) is 0 Å². The molecule has 284 valence electrons. The Labute approximate surface area is 293 Å². The number of aliphatic hydroxyl groups excluding tert-OH is 5. The first-order valence-corrected chi connectivity index (χ1v) is 19.9. The lowest BCUT2D eigenvalue weighted by atomic mass is 10.0. The van der Waals surface area contributed by atoms with Crippen molar-refractivity contribution in [1.82, 2.24) is 5.32 Å². The molecule has 0 aromatic heterocycles. The van der Waals surface area contributed by atoms with Crippen LogP contribution in [0.4, 0.5) is 4.79 Å². The number of hydrogen-bond acceptors (Lipinski definition) is 8. The van der Waals surface area contributed by atoms with E-state index in [2.05, 4.69) is 12.2 Å². The van der Waals surface area contributed by atoms with Crippen LogP contribution in [0.25, 0.3) is 0 Å². The van der Waals surface area contributed by atoms with Crippen LogP contribution in [-0.2, 0) is 9.47 Å². The summed E-state index contributed by atoms with van der Waals surface area (Å²) >= 11 is 0. The molecule has 9 nitrogen and oxygen atoms in total. The molecular weight excluding hydrogens is 610 g/mol. The van der Waals surface area contributed by atoms with E-state index < -0.39 is 48.8 Å². The number of carbonyl (C=O) groups is 1. The highest BCUT2D eigenvalue weighted by Crippen LogP contribution is 2.19. The summed E-state index contributed by atoms with van der Waals surface area (Å²) in [5.74, 6) is 0. The van der Waals surface area contributed by atoms with Gasteiger partial charge in [0.2, 0.25) is 0 Å². The van der Waals surface area contributed by atoms with Crippen molar-refractivity contribution in [3.63, 3.8) is 0 Å². The monoisotopic (exact) mass is 686 g/mol. The Morgan fingerprint density at radius 2 is 1.17 bits per heavy atom. The molecule has 0 aromatic rings. The number of hydrogen-bond donors (Lipinski definition) is 6. The van der Waals surface area contributed by atoms with E-state index in [1.165, 1.54) is 122 Å². The molecule has 7 atom stereocenters. The number of carbonyl (C=O) groups excluding carboxylic acids is 1. The van der Waals surface area contributed by atoms with Crippen molar-refractivity contribution in [2.75, 3.05) is 13.2 Å². The quantitative estimate of drug-likeness (QED) is 0.0322. The number of ether oxygens (including phenoxy) is 2. The maximum atomic E-state index is 12.5. The topological polar surface area (TPSA) is 149 Å². The largest absolute Gasteiger partial charge is 0.450 e. The Kier molecular flexibility index (Phi) is 28.5. The van der Waals surface area contributed by atoms with Crippen molar-refractivity contribution in [2.45, 2.75) is 217 Å².